The minimum absolute atomic E-state index is 0.0696. The van der Waals surface area contributed by atoms with Crippen LogP contribution in [0, 0.1) is 11.8 Å². The van der Waals surface area contributed by atoms with Crippen LogP contribution in [-0.2, 0) is 9.53 Å². The van der Waals surface area contributed by atoms with Crippen molar-refractivity contribution in [3.8, 4) is 0 Å². The lowest BCUT2D eigenvalue weighted by molar-refractivity contribution is -0.881. The molecule has 0 radical (unpaired) electrons. The number of nitrogens with zero attached hydrogens (tertiary/aromatic N) is 1. The molecular weight excluding hydrogens is 286 g/mol. The lowest BCUT2D eigenvalue weighted by atomic mass is 9.92. The Morgan fingerprint density at radius 1 is 1.30 bits per heavy atom. The van der Waals surface area contributed by atoms with E-state index in [1.807, 2.05) is 13.8 Å². The molecule has 0 aromatic carbocycles. The molecule has 3 heteroatoms. The standard InChI is InChI=1S/C20H36NO2/c1-6-9-10-11-16-23-20(22)17(4)19(8-3)21(5)14-12-18(7-2)13-15-21/h7-8,17-18H,2,6,9-16H2,1,3-5H3/q+1. The molecule has 0 saturated carbocycles. The summed E-state index contributed by atoms with van der Waals surface area (Å²) in [6, 6.07) is 0. The van der Waals surface area contributed by atoms with Gasteiger partial charge in [0.25, 0.3) is 0 Å². The number of hydrogen-bond acceptors (Lipinski definition) is 2. The van der Waals surface area contributed by atoms with E-state index in [1.165, 1.54) is 18.5 Å². The molecule has 0 N–H and O–H groups in total. The number of hydrogen-bond donors (Lipinski definition) is 0. The minimum atomic E-state index is -0.156. The fourth-order valence-corrected chi connectivity index (χ4v) is 3.63. The smallest absolute Gasteiger partial charge is 0.318 e. The number of quaternary nitrogens is 1. The van der Waals surface area contributed by atoms with Gasteiger partial charge in [-0.3, -0.25) is 9.28 Å². The first-order valence-electron chi connectivity index (χ1n) is 9.29. The van der Waals surface area contributed by atoms with Crippen molar-refractivity contribution in [3.05, 3.63) is 24.4 Å². The number of carbonyl (C=O) groups is 1. The third-order valence-electron chi connectivity index (χ3n) is 5.28. The number of allylic oxidation sites excluding steroid dienone is 2. The third kappa shape index (κ3) is 5.80. The number of carbonyl (C=O) groups excluding carboxylic acids is 1. The summed E-state index contributed by atoms with van der Waals surface area (Å²) in [5.41, 5.74) is 1.20. The fraction of sp³-hybridized carbons (Fsp3) is 0.750. The molecule has 1 saturated heterocycles. The van der Waals surface area contributed by atoms with Crippen molar-refractivity contribution in [1.82, 2.24) is 0 Å². The van der Waals surface area contributed by atoms with Crippen LogP contribution in [0.15, 0.2) is 24.4 Å². The van der Waals surface area contributed by atoms with E-state index in [-0.39, 0.29) is 11.9 Å². The Morgan fingerprint density at radius 2 is 1.96 bits per heavy atom. The Hall–Kier alpha value is -1.09. The highest BCUT2D eigenvalue weighted by molar-refractivity contribution is 5.74. The molecular formula is C20H36NO2+. The summed E-state index contributed by atoms with van der Waals surface area (Å²) in [6.07, 6.45) is 11.0. The molecule has 0 amide bonds. The minimum Gasteiger partial charge on any atom is -0.465 e. The average Bonchev–Trinajstić information content (AvgIpc) is 2.55. The SMILES string of the molecule is C=CC1CC[N+](C)(C(=CC)C(C)C(=O)OCCCCCC)CC1. The van der Waals surface area contributed by atoms with Crippen molar-refractivity contribution in [1.29, 1.82) is 0 Å². The zero-order valence-electron chi connectivity index (χ0n) is 15.6. The van der Waals surface area contributed by atoms with E-state index >= 15 is 0 Å². The number of rotatable bonds is 9. The van der Waals surface area contributed by atoms with Crippen molar-refractivity contribution in [2.45, 2.75) is 59.3 Å². The first-order chi connectivity index (χ1) is 11.0. The maximum Gasteiger partial charge on any atom is 0.318 e. The highest BCUT2D eigenvalue weighted by atomic mass is 16.5. The monoisotopic (exact) mass is 322 g/mol. The van der Waals surface area contributed by atoms with Crippen LogP contribution in [0.5, 0.6) is 0 Å². The Morgan fingerprint density at radius 3 is 2.48 bits per heavy atom. The summed E-state index contributed by atoms with van der Waals surface area (Å²) in [7, 11) is 2.25. The van der Waals surface area contributed by atoms with Crippen LogP contribution >= 0.6 is 0 Å². The van der Waals surface area contributed by atoms with Gasteiger partial charge in [-0.25, -0.2) is 0 Å². The molecule has 1 atom stereocenters. The molecule has 0 bridgehead atoms. The second kappa shape index (κ2) is 9.92. The summed E-state index contributed by atoms with van der Waals surface area (Å²) >= 11 is 0. The second-order valence-corrected chi connectivity index (χ2v) is 7.08. The van der Waals surface area contributed by atoms with Gasteiger partial charge in [0.05, 0.1) is 26.7 Å². The molecule has 1 unspecified atom stereocenters. The Balaban J connectivity index is 2.56. The second-order valence-electron chi connectivity index (χ2n) is 7.08. The molecule has 0 aromatic heterocycles. The van der Waals surface area contributed by atoms with E-state index < -0.39 is 0 Å². The average molecular weight is 323 g/mol. The highest BCUT2D eigenvalue weighted by Gasteiger charge is 2.37. The van der Waals surface area contributed by atoms with Gasteiger partial charge in [0.1, 0.15) is 11.6 Å². The van der Waals surface area contributed by atoms with E-state index in [0.29, 0.717) is 12.5 Å². The highest BCUT2D eigenvalue weighted by Crippen LogP contribution is 2.31. The number of piperidine rings is 1. The summed E-state index contributed by atoms with van der Waals surface area (Å²) < 4.78 is 6.37. The molecule has 0 aliphatic carbocycles. The van der Waals surface area contributed by atoms with E-state index in [0.717, 1.165) is 43.3 Å². The zero-order valence-corrected chi connectivity index (χ0v) is 15.6. The van der Waals surface area contributed by atoms with Crippen molar-refractivity contribution >= 4 is 5.97 Å². The van der Waals surface area contributed by atoms with Gasteiger partial charge in [0.15, 0.2) is 0 Å². The molecule has 1 aliphatic heterocycles. The van der Waals surface area contributed by atoms with Crippen LogP contribution in [0.2, 0.25) is 0 Å². The molecule has 23 heavy (non-hydrogen) atoms. The molecule has 132 valence electrons. The number of unbranched alkanes of at least 4 members (excludes halogenated alkanes) is 3. The predicted octanol–water partition coefficient (Wildman–Crippen LogP) is 4.69. The van der Waals surface area contributed by atoms with Gasteiger partial charge in [0.2, 0.25) is 0 Å². The Kier molecular flexibility index (Phi) is 8.60. The first-order valence-corrected chi connectivity index (χ1v) is 9.29. The number of likely N-dealkylation sites (tertiary alicyclic amines) is 1. The molecule has 1 aliphatic rings. The lowest BCUT2D eigenvalue weighted by Crippen LogP contribution is -2.51. The molecule has 1 rings (SSSR count). The van der Waals surface area contributed by atoms with Crippen LogP contribution in [0.4, 0.5) is 0 Å². The van der Waals surface area contributed by atoms with Crippen LogP contribution in [0.1, 0.15) is 59.3 Å². The van der Waals surface area contributed by atoms with E-state index in [2.05, 4.69) is 32.7 Å². The molecule has 3 nitrogen and oxygen atoms in total. The normalized spacial score (nSPS) is 26.6. The molecule has 1 fully saturated rings. The van der Waals surface area contributed by atoms with Gasteiger partial charge in [-0.05, 0) is 32.3 Å². The van der Waals surface area contributed by atoms with Crippen LogP contribution in [0.3, 0.4) is 0 Å². The lowest BCUT2D eigenvalue weighted by Gasteiger charge is -2.42. The zero-order chi connectivity index (χ0) is 17.3. The molecule has 1 heterocycles. The predicted molar refractivity (Wildman–Crippen MR) is 96.9 cm³/mol. The third-order valence-corrected chi connectivity index (χ3v) is 5.28. The van der Waals surface area contributed by atoms with Gasteiger partial charge in [0, 0.05) is 12.8 Å². The van der Waals surface area contributed by atoms with Gasteiger partial charge < -0.3 is 4.74 Å². The summed E-state index contributed by atoms with van der Waals surface area (Å²) in [5, 5.41) is 0. The quantitative estimate of drug-likeness (QED) is 0.266. The van der Waals surface area contributed by atoms with E-state index in [4.69, 9.17) is 4.74 Å². The first kappa shape index (κ1) is 20.0. The number of ether oxygens (including phenoxy) is 1. The van der Waals surface area contributed by atoms with Crippen LogP contribution in [-0.4, -0.2) is 37.2 Å². The topological polar surface area (TPSA) is 26.3 Å². The Labute approximate surface area is 143 Å². The van der Waals surface area contributed by atoms with Gasteiger partial charge in [-0.2, -0.15) is 0 Å². The van der Waals surface area contributed by atoms with Crippen molar-refractivity contribution in [2.75, 3.05) is 26.7 Å². The molecule has 0 spiro atoms. The van der Waals surface area contributed by atoms with Crippen molar-refractivity contribution in [2.24, 2.45) is 11.8 Å². The van der Waals surface area contributed by atoms with Gasteiger partial charge in [-0.15, -0.1) is 6.58 Å². The Bertz CT molecular complexity index is 406. The summed E-state index contributed by atoms with van der Waals surface area (Å²) in [4.78, 5) is 12.4. The van der Waals surface area contributed by atoms with Gasteiger partial charge >= 0.3 is 5.97 Å². The van der Waals surface area contributed by atoms with Crippen molar-refractivity contribution in [3.63, 3.8) is 0 Å². The van der Waals surface area contributed by atoms with E-state index in [1.54, 1.807) is 0 Å². The van der Waals surface area contributed by atoms with E-state index in [9.17, 15) is 4.79 Å². The molecule has 0 aromatic rings. The van der Waals surface area contributed by atoms with Crippen LogP contribution < -0.4 is 0 Å². The summed E-state index contributed by atoms with van der Waals surface area (Å²) in [5.74, 6) is 0.399. The maximum atomic E-state index is 12.4. The van der Waals surface area contributed by atoms with Crippen molar-refractivity contribution < 1.29 is 14.0 Å². The largest absolute Gasteiger partial charge is 0.465 e. The fourth-order valence-electron chi connectivity index (χ4n) is 3.63. The van der Waals surface area contributed by atoms with Crippen LogP contribution in [0.25, 0.3) is 0 Å². The summed E-state index contributed by atoms with van der Waals surface area (Å²) in [6.45, 7) is 12.9. The number of esters is 1. The van der Waals surface area contributed by atoms with Gasteiger partial charge in [-0.1, -0.05) is 32.3 Å². The maximum absolute atomic E-state index is 12.4.